The maximum Gasteiger partial charge on any atom is 0.0818 e. The third-order valence-electron chi connectivity index (χ3n) is 1.35. The molecule has 10 heavy (non-hydrogen) atoms. The lowest BCUT2D eigenvalue weighted by molar-refractivity contribution is 1.51. The molecule has 1 unspecified atom stereocenters. The predicted octanol–water partition coefficient (Wildman–Crippen LogP) is 1.80. The van der Waals surface area contributed by atoms with E-state index in [2.05, 4.69) is 32.4 Å². The molecule has 1 heterocycles. The number of aromatic nitrogens is 1. The second kappa shape index (κ2) is 2.30. The second-order valence-electron chi connectivity index (χ2n) is 2.08. The van der Waals surface area contributed by atoms with Crippen LogP contribution in [0.2, 0.25) is 0 Å². The average Bonchev–Trinajstić information content (AvgIpc) is 2.33. The Morgan fingerprint density at radius 3 is 3.20 bits per heavy atom. The minimum absolute atomic E-state index is 1.09. The van der Waals surface area contributed by atoms with Crippen LogP contribution in [0.4, 0.5) is 0 Å². The highest BCUT2D eigenvalue weighted by atomic mass is 32.1. The van der Waals surface area contributed by atoms with Gasteiger partial charge in [-0.3, -0.25) is 0 Å². The normalized spacial score (nSPS) is 10.5. The molecule has 0 saturated heterocycles. The molecular formula is C7H6NPS. The number of rotatable bonds is 0. The quantitative estimate of drug-likeness (QED) is 0.545. The van der Waals surface area contributed by atoms with E-state index in [1.807, 2.05) is 5.51 Å². The third kappa shape index (κ3) is 0.938. The summed E-state index contributed by atoms with van der Waals surface area (Å²) in [6, 6.07) is 6.23. The topological polar surface area (TPSA) is 12.9 Å². The molecule has 0 aliphatic heterocycles. The molecule has 0 N–H and O–H groups in total. The Morgan fingerprint density at radius 2 is 2.30 bits per heavy atom. The van der Waals surface area contributed by atoms with Gasteiger partial charge in [-0.05, 0) is 17.4 Å². The first-order chi connectivity index (χ1) is 4.86. The first kappa shape index (κ1) is 6.26. The van der Waals surface area contributed by atoms with Crippen molar-refractivity contribution in [2.75, 3.05) is 0 Å². The minimum atomic E-state index is 1.09. The van der Waals surface area contributed by atoms with Gasteiger partial charge in [0.15, 0.2) is 0 Å². The molecule has 0 bridgehead atoms. The van der Waals surface area contributed by atoms with Gasteiger partial charge in [0.05, 0.1) is 15.7 Å². The van der Waals surface area contributed by atoms with Crippen molar-refractivity contribution in [3.63, 3.8) is 0 Å². The molecule has 0 aliphatic rings. The number of fused-ring (bicyclic) bond motifs is 1. The summed E-state index contributed by atoms with van der Waals surface area (Å²) in [4.78, 5) is 4.18. The first-order valence-corrected chi connectivity index (χ1v) is 4.41. The second-order valence-corrected chi connectivity index (χ2v) is 3.63. The van der Waals surface area contributed by atoms with Gasteiger partial charge in [0.2, 0.25) is 0 Å². The van der Waals surface area contributed by atoms with Crippen LogP contribution in [0.5, 0.6) is 0 Å². The van der Waals surface area contributed by atoms with Gasteiger partial charge in [-0.25, -0.2) is 4.98 Å². The van der Waals surface area contributed by atoms with Gasteiger partial charge in [0.25, 0.3) is 0 Å². The molecule has 1 aromatic carbocycles. The van der Waals surface area contributed by atoms with Gasteiger partial charge in [-0.15, -0.1) is 20.6 Å². The van der Waals surface area contributed by atoms with Gasteiger partial charge < -0.3 is 0 Å². The molecule has 1 nitrogen and oxygen atoms in total. The Bertz CT molecular complexity index is 355. The van der Waals surface area contributed by atoms with Gasteiger partial charge in [-0.1, -0.05) is 6.07 Å². The van der Waals surface area contributed by atoms with E-state index in [9.17, 15) is 0 Å². The Kier molecular flexibility index (Phi) is 1.44. The van der Waals surface area contributed by atoms with Crippen molar-refractivity contribution >= 4 is 36.1 Å². The lowest BCUT2D eigenvalue weighted by Gasteiger charge is -1.88. The van der Waals surface area contributed by atoms with Crippen molar-refractivity contribution in [1.29, 1.82) is 0 Å². The van der Waals surface area contributed by atoms with Crippen molar-refractivity contribution in [2.45, 2.75) is 0 Å². The summed E-state index contributed by atoms with van der Waals surface area (Å²) >= 11 is 1.68. The number of nitrogens with zero attached hydrogens (tertiary/aromatic N) is 1. The molecule has 1 aromatic heterocycles. The highest BCUT2D eigenvalue weighted by Crippen LogP contribution is 2.15. The fraction of sp³-hybridized carbons (Fsp3) is 0. The van der Waals surface area contributed by atoms with Gasteiger partial charge in [0.1, 0.15) is 0 Å². The predicted molar refractivity (Wildman–Crippen MR) is 49.0 cm³/mol. The van der Waals surface area contributed by atoms with Crippen molar-refractivity contribution in [3.05, 3.63) is 23.7 Å². The minimum Gasteiger partial charge on any atom is -0.245 e. The maximum absolute atomic E-state index is 4.18. The molecule has 2 aromatic rings. The van der Waals surface area contributed by atoms with E-state index in [0.717, 1.165) is 5.52 Å². The Balaban J connectivity index is 2.86. The highest BCUT2D eigenvalue weighted by molar-refractivity contribution is 7.27. The summed E-state index contributed by atoms with van der Waals surface area (Å²) < 4.78 is 1.26. The molecule has 3 heteroatoms. The zero-order chi connectivity index (χ0) is 6.97. The van der Waals surface area contributed by atoms with Crippen molar-refractivity contribution in [2.24, 2.45) is 0 Å². The standard InChI is InChI=1S/C7H6NPS/c9-5-1-2-7-6(3-5)8-4-10-7/h1-4H,9H2. The number of hydrogen-bond acceptors (Lipinski definition) is 2. The van der Waals surface area contributed by atoms with Crippen molar-refractivity contribution in [1.82, 2.24) is 4.98 Å². The van der Waals surface area contributed by atoms with E-state index >= 15 is 0 Å². The van der Waals surface area contributed by atoms with E-state index in [4.69, 9.17) is 0 Å². The summed E-state index contributed by atoms with van der Waals surface area (Å²) in [5, 5.41) is 1.19. The van der Waals surface area contributed by atoms with Crippen LogP contribution in [-0.2, 0) is 0 Å². The fourth-order valence-corrected chi connectivity index (χ4v) is 1.79. The van der Waals surface area contributed by atoms with E-state index in [0.29, 0.717) is 0 Å². The molecule has 50 valence electrons. The lowest BCUT2D eigenvalue weighted by atomic mass is 10.3. The van der Waals surface area contributed by atoms with Crippen LogP contribution in [0.25, 0.3) is 10.2 Å². The summed E-state index contributed by atoms with van der Waals surface area (Å²) in [5.41, 5.74) is 2.96. The molecular weight excluding hydrogens is 161 g/mol. The third-order valence-corrected chi connectivity index (χ3v) is 2.52. The van der Waals surface area contributed by atoms with Crippen LogP contribution in [0.1, 0.15) is 0 Å². The van der Waals surface area contributed by atoms with Crippen molar-refractivity contribution < 1.29 is 0 Å². The Labute approximate surface area is 65.3 Å². The molecule has 0 radical (unpaired) electrons. The van der Waals surface area contributed by atoms with Crippen LogP contribution in [-0.4, -0.2) is 4.98 Å². The Hall–Kier alpha value is -0.460. The van der Waals surface area contributed by atoms with Crippen molar-refractivity contribution in [3.8, 4) is 0 Å². The smallest absolute Gasteiger partial charge is 0.0818 e. The lowest BCUT2D eigenvalue weighted by Crippen LogP contribution is -1.85. The van der Waals surface area contributed by atoms with Crippen LogP contribution in [0.15, 0.2) is 23.7 Å². The van der Waals surface area contributed by atoms with Gasteiger partial charge >= 0.3 is 0 Å². The van der Waals surface area contributed by atoms with E-state index < -0.39 is 0 Å². The van der Waals surface area contributed by atoms with E-state index in [1.165, 1.54) is 10.0 Å². The summed E-state index contributed by atoms with van der Waals surface area (Å²) in [7, 11) is 2.66. The van der Waals surface area contributed by atoms with Gasteiger partial charge in [-0.2, -0.15) is 0 Å². The van der Waals surface area contributed by atoms with Crippen LogP contribution >= 0.6 is 20.6 Å². The van der Waals surface area contributed by atoms with Crippen LogP contribution in [0, 0.1) is 0 Å². The molecule has 0 aliphatic carbocycles. The highest BCUT2D eigenvalue weighted by Gasteiger charge is 1.93. The largest absolute Gasteiger partial charge is 0.245 e. The van der Waals surface area contributed by atoms with Crippen LogP contribution < -0.4 is 5.30 Å². The fourth-order valence-electron chi connectivity index (χ4n) is 0.875. The average molecular weight is 167 g/mol. The molecule has 0 spiro atoms. The van der Waals surface area contributed by atoms with E-state index in [1.54, 1.807) is 11.3 Å². The Morgan fingerprint density at radius 1 is 1.40 bits per heavy atom. The SMILES string of the molecule is Pc1ccc2scnc2c1. The number of benzene rings is 1. The summed E-state index contributed by atoms with van der Waals surface area (Å²) in [5.74, 6) is 0. The van der Waals surface area contributed by atoms with Crippen LogP contribution in [0.3, 0.4) is 0 Å². The molecule has 0 fully saturated rings. The monoisotopic (exact) mass is 167 g/mol. The molecule has 2 rings (SSSR count). The first-order valence-electron chi connectivity index (χ1n) is 2.95. The zero-order valence-electron chi connectivity index (χ0n) is 5.24. The number of hydrogen-bond donors (Lipinski definition) is 0. The maximum atomic E-state index is 4.18. The molecule has 1 atom stereocenters. The van der Waals surface area contributed by atoms with E-state index in [-0.39, 0.29) is 0 Å². The molecule has 0 amide bonds. The summed E-state index contributed by atoms with van der Waals surface area (Å²) in [6.45, 7) is 0. The zero-order valence-corrected chi connectivity index (χ0v) is 7.21. The molecule has 0 saturated carbocycles. The summed E-state index contributed by atoms with van der Waals surface area (Å²) in [6.07, 6.45) is 0. The van der Waals surface area contributed by atoms with Gasteiger partial charge in [0, 0.05) is 0 Å². The number of thiazole rings is 1.